The predicted molar refractivity (Wildman–Crippen MR) is 114 cm³/mol. The molecule has 1 aliphatic rings. The molecule has 1 N–H and O–H groups in total. The molecule has 30 heavy (non-hydrogen) atoms. The number of sulfonamides is 2. The molecule has 2 aromatic rings. The number of rotatable bonds is 9. The fourth-order valence-electron chi connectivity index (χ4n) is 3.28. The summed E-state index contributed by atoms with van der Waals surface area (Å²) in [5, 5.41) is 0. The molecule has 1 heterocycles. The van der Waals surface area contributed by atoms with Gasteiger partial charge in [-0.3, -0.25) is 4.72 Å². The number of hydrogen-bond acceptors (Lipinski definition) is 6. The number of hydrogen-bond donors (Lipinski definition) is 1. The maximum atomic E-state index is 13.0. The van der Waals surface area contributed by atoms with Crippen LogP contribution >= 0.6 is 0 Å². The summed E-state index contributed by atoms with van der Waals surface area (Å²) in [5.41, 5.74) is 0.891. The van der Waals surface area contributed by atoms with E-state index in [-0.39, 0.29) is 21.2 Å². The second-order valence-electron chi connectivity index (χ2n) is 6.65. The molecule has 0 saturated carbocycles. The number of anilines is 1. The van der Waals surface area contributed by atoms with Crippen molar-refractivity contribution in [2.24, 2.45) is 0 Å². The van der Waals surface area contributed by atoms with E-state index in [2.05, 4.69) is 4.72 Å². The van der Waals surface area contributed by atoms with Gasteiger partial charge in [-0.25, -0.2) is 16.8 Å². The van der Waals surface area contributed by atoms with Crippen LogP contribution in [0.25, 0.3) is 0 Å². The van der Waals surface area contributed by atoms with Crippen LogP contribution in [0.15, 0.2) is 46.2 Å². The zero-order valence-electron chi connectivity index (χ0n) is 17.2. The minimum atomic E-state index is -3.96. The number of nitrogens with zero attached hydrogens (tertiary/aromatic N) is 1. The third-order valence-corrected chi connectivity index (χ3v) is 8.22. The summed E-state index contributed by atoms with van der Waals surface area (Å²) in [6, 6.07) is 8.84. The lowest BCUT2D eigenvalue weighted by Crippen LogP contribution is -2.30. The summed E-state index contributed by atoms with van der Waals surface area (Å²) in [5.74, 6) is 0.931. The average Bonchev–Trinajstić information content (AvgIpc) is 3.18. The van der Waals surface area contributed by atoms with Crippen molar-refractivity contribution in [2.75, 3.05) is 31.0 Å². The van der Waals surface area contributed by atoms with E-state index in [1.807, 2.05) is 0 Å². The first-order valence-electron chi connectivity index (χ1n) is 9.78. The quantitative estimate of drug-likeness (QED) is 0.625. The minimum absolute atomic E-state index is 0.00490. The molecule has 0 atom stereocenters. The van der Waals surface area contributed by atoms with E-state index >= 15 is 0 Å². The molecule has 0 spiro atoms. The lowest BCUT2D eigenvalue weighted by Gasteiger charge is -2.20. The van der Waals surface area contributed by atoms with E-state index in [0.717, 1.165) is 5.56 Å². The highest BCUT2D eigenvalue weighted by Gasteiger charge is 2.25. The highest BCUT2D eigenvalue weighted by molar-refractivity contribution is 7.92. The fraction of sp³-hybridized carbons (Fsp3) is 0.400. The van der Waals surface area contributed by atoms with Crippen molar-refractivity contribution >= 4 is 25.7 Å². The zero-order chi connectivity index (χ0) is 21.9. The van der Waals surface area contributed by atoms with Gasteiger partial charge in [0.1, 0.15) is 11.5 Å². The number of fused-ring (bicyclic) bond motifs is 1. The first-order valence-corrected chi connectivity index (χ1v) is 12.7. The third kappa shape index (κ3) is 4.40. The molecule has 2 aromatic carbocycles. The van der Waals surface area contributed by atoms with Gasteiger partial charge in [-0.1, -0.05) is 13.8 Å². The molecule has 164 valence electrons. The monoisotopic (exact) mass is 454 g/mol. The zero-order valence-corrected chi connectivity index (χ0v) is 18.8. The van der Waals surface area contributed by atoms with Crippen LogP contribution in [0.1, 0.15) is 26.3 Å². The van der Waals surface area contributed by atoms with Gasteiger partial charge >= 0.3 is 0 Å². The van der Waals surface area contributed by atoms with Gasteiger partial charge in [0.2, 0.25) is 10.0 Å². The largest absolute Gasteiger partial charge is 0.493 e. The number of benzene rings is 2. The third-order valence-electron chi connectivity index (χ3n) is 4.81. The van der Waals surface area contributed by atoms with Crippen LogP contribution in [0.3, 0.4) is 0 Å². The van der Waals surface area contributed by atoms with Gasteiger partial charge in [-0.15, -0.1) is 0 Å². The normalized spacial score (nSPS) is 13.7. The molecule has 10 heteroatoms. The lowest BCUT2D eigenvalue weighted by molar-refractivity contribution is 0.341. The molecule has 0 fully saturated rings. The molecular formula is C20H26N2O6S2. The Morgan fingerprint density at radius 3 is 2.37 bits per heavy atom. The van der Waals surface area contributed by atoms with Crippen molar-refractivity contribution in [1.82, 2.24) is 4.31 Å². The predicted octanol–water partition coefficient (Wildman–Crippen LogP) is 2.85. The summed E-state index contributed by atoms with van der Waals surface area (Å²) >= 11 is 0. The van der Waals surface area contributed by atoms with Crippen molar-refractivity contribution in [3.8, 4) is 11.5 Å². The van der Waals surface area contributed by atoms with E-state index in [1.54, 1.807) is 32.9 Å². The smallest absolute Gasteiger partial charge is 0.262 e. The van der Waals surface area contributed by atoms with Crippen LogP contribution in [0, 0.1) is 0 Å². The first-order chi connectivity index (χ1) is 14.2. The van der Waals surface area contributed by atoms with Crippen molar-refractivity contribution < 1.29 is 26.3 Å². The Morgan fingerprint density at radius 1 is 1.00 bits per heavy atom. The van der Waals surface area contributed by atoms with Gasteiger partial charge in [0.25, 0.3) is 10.0 Å². The van der Waals surface area contributed by atoms with E-state index in [9.17, 15) is 16.8 Å². The molecular weight excluding hydrogens is 428 g/mol. The van der Waals surface area contributed by atoms with E-state index < -0.39 is 20.0 Å². The molecule has 3 rings (SSSR count). The summed E-state index contributed by atoms with van der Waals surface area (Å²) < 4.78 is 66.5. The van der Waals surface area contributed by atoms with Gasteiger partial charge in [0.05, 0.1) is 28.7 Å². The van der Waals surface area contributed by atoms with E-state index in [0.29, 0.717) is 38.5 Å². The molecule has 8 nitrogen and oxygen atoms in total. The van der Waals surface area contributed by atoms with Crippen molar-refractivity contribution in [1.29, 1.82) is 0 Å². The average molecular weight is 455 g/mol. The number of ether oxygens (including phenoxy) is 2. The molecule has 0 amide bonds. The summed E-state index contributed by atoms with van der Waals surface area (Å²) in [6.07, 6.45) is 0.639. The molecule has 0 radical (unpaired) electrons. The highest BCUT2D eigenvalue weighted by Crippen LogP contribution is 2.33. The summed E-state index contributed by atoms with van der Waals surface area (Å²) in [4.78, 5) is 0.0703. The highest BCUT2D eigenvalue weighted by atomic mass is 32.2. The molecule has 0 unspecified atom stereocenters. The van der Waals surface area contributed by atoms with Crippen LogP contribution in [0.4, 0.5) is 5.69 Å². The van der Waals surface area contributed by atoms with Gasteiger partial charge in [-0.2, -0.15) is 4.31 Å². The van der Waals surface area contributed by atoms with Gasteiger partial charge in [-0.05, 0) is 48.9 Å². The lowest BCUT2D eigenvalue weighted by atomic mass is 10.2. The molecule has 0 bridgehead atoms. The second kappa shape index (κ2) is 8.83. The van der Waals surface area contributed by atoms with Gasteiger partial charge < -0.3 is 9.47 Å². The topological polar surface area (TPSA) is 102 Å². The van der Waals surface area contributed by atoms with Gasteiger partial charge in [0, 0.05) is 19.5 Å². The van der Waals surface area contributed by atoms with Crippen LogP contribution in [-0.2, 0) is 26.5 Å². The van der Waals surface area contributed by atoms with Crippen molar-refractivity contribution in [2.45, 2.75) is 37.0 Å². The maximum Gasteiger partial charge on any atom is 0.262 e. The van der Waals surface area contributed by atoms with Crippen LogP contribution in [0.5, 0.6) is 11.5 Å². The Balaban J connectivity index is 2.01. The first kappa shape index (κ1) is 22.4. The maximum absolute atomic E-state index is 13.0. The van der Waals surface area contributed by atoms with Crippen molar-refractivity contribution in [3.63, 3.8) is 0 Å². The summed E-state index contributed by atoms with van der Waals surface area (Å²) in [7, 11) is -7.72. The van der Waals surface area contributed by atoms with Crippen LogP contribution in [0.2, 0.25) is 0 Å². The van der Waals surface area contributed by atoms with E-state index in [1.165, 1.54) is 28.6 Å². The SMILES string of the molecule is CCOc1ccc(S(=O)(=O)N(CC)CC)cc1NS(=O)(=O)c1ccc2c(c1)CCO2. The van der Waals surface area contributed by atoms with Crippen LogP contribution in [-0.4, -0.2) is 47.4 Å². The molecule has 0 aromatic heterocycles. The van der Waals surface area contributed by atoms with E-state index in [4.69, 9.17) is 9.47 Å². The molecule has 0 saturated heterocycles. The fourth-order valence-corrected chi connectivity index (χ4v) is 5.87. The Hall–Kier alpha value is -2.30. The standard InChI is InChI=1S/C20H26N2O6S2/c1-4-22(5-2)30(25,26)17-8-10-20(27-6-3)18(14-17)21-29(23,24)16-7-9-19-15(13-16)11-12-28-19/h7-10,13-14,21H,4-6,11-12H2,1-3H3. The summed E-state index contributed by atoms with van der Waals surface area (Å²) in [6.45, 7) is 6.70. The second-order valence-corrected chi connectivity index (χ2v) is 10.3. The Kier molecular flexibility index (Phi) is 6.59. The van der Waals surface area contributed by atoms with Crippen LogP contribution < -0.4 is 14.2 Å². The van der Waals surface area contributed by atoms with Gasteiger partial charge in [0.15, 0.2) is 0 Å². The Bertz CT molecular complexity index is 1130. The Labute approximate surface area is 177 Å². The van der Waals surface area contributed by atoms with Crippen molar-refractivity contribution in [3.05, 3.63) is 42.0 Å². The molecule has 1 aliphatic heterocycles. The minimum Gasteiger partial charge on any atom is -0.493 e. The molecule has 0 aliphatic carbocycles. The number of nitrogens with one attached hydrogen (secondary N) is 1. The Morgan fingerprint density at radius 2 is 1.70 bits per heavy atom.